The largest absolute Gasteiger partial charge is 0.471 e. The summed E-state index contributed by atoms with van der Waals surface area (Å²) in [5.41, 5.74) is -0.837. The summed E-state index contributed by atoms with van der Waals surface area (Å²) < 4.78 is 47.3. The molecule has 22 heavy (non-hydrogen) atoms. The maximum Gasteiger partial charge on any atom is 0.417 e. The number of pyridine rings is 1. The van der Waals surface area contributed by atoms with Crippen LogP contribution in [-0.2, 0) is 6.18 Å². The van der Waals surface area contributed by atoms with Crippen LogP contribution in [0.15, 0.2) is 35.1 Å². The molecule has 0 saturated carbocycles. The highest BCUT2D eigenvalue weighted by Gasteiger charge is 2.35. The third-order valence-corrected chi connectivity index (χ3v) is 3.13. The fraction of sp³-hybridized carbons (Fsp3) is 0.308. The van der Waals surface area contributed by atoms with Crippen LogP contribution in [0.25, 0.3) is 0 Å². The number of halogens is 3. The lowest BCUT2D eigenvalue weighted by Gasteiger charge is -2.37. The Morgan fingerprint density at radius 2 is 2.09 bits per heavy atom. The van der Waals surface area contributed by atoms with Gasteiger partial charge in [-0.3, -0.25) is 4.79 Å². The summed E-state index contributed by atoms with van der Waals surface area (Å²) in [5.74, 6) is -0.0893. The number of carbonyl (C=O) groups is 1. The molecule has 9 heteroatoms. The predicted octanol–water partition coefficient (Wildman–Crippen LogP) is 1.99. The van der Waals surface area contributed by atoms with Crippen LogP contribution in [0.5, 0.6) is 5.88 Å². The molecule has 0 unspecified atom stereocenters. The SMILES string of the molecule is O=C(c1ccno1)N1CC(Oc2ccc(C(F)(F)F)cn2)C1. The molecular weight excluding hydrogens is 303 g/mol. The summed E-state index contributed by atoms with van der Waals surface area (Å²) in [6, 6.07) is 3.51. The number of aromatic nitrogens is 2. The molecule has 1 saturated heterocycles. The smallest absolute Gasteiger partial charge is 0.417 e. The van der Waals surface area contributed by atoms with Gasteiger partial charge in [0, 0.05) is 18.3 Å². The summed E-state index contributed by atoms with van der Waals surface area (Å²) in [7, 11) is 0. The predicted molar refractivity (Wildman–Crippen MR) is 66.1 cm³/mol. The molecule has 0 radical (unpaired) electrons. The van der Waals surface area contributed by atoms with E-state index in [9.17, 15) is 18.0 Å². The Kier molecular flexibility index (Phi) is 3.47. The minimum atomic E-state index is -4.43. The highest BCUT2D eigenvalue weighted by molar-refractivity contribution is 5.91. The Bertz CT molecular complexity index is 649. The second-order valence-electron chi connectivity index (χ2n) is 4.71. The van der Waals surface area contributed by atoms with Crippen molar-refractivity contribution < 1.29 is 27.2 Å². The van der Waals surface area contributed by atoms with Crippen molar-refractivity contribution in [2.45, 2.75) is 12.3 Å². The van der Waals surface area contributed by atoms with E-state index >= 15 is 0 Å². The van der Waals surface area contributed by atoms with Gasteiger partial charge < -0.3 is 14.2 Å². The Morgan fingerprint density at radius 3 is 2.64 bits per heavy atom. The Labute approximate surface area is 122 Å². The number of hydrogen-bond acceptors (Lipinski definition) is 5. The van der Waals surface area contributed by atoms with Gasteiger partial charge in [0.05, 0.1) is 24.8 Å². The number of nitrogens with zero attached hydrogens (tertiary/aromatic N) is 3. The molecular formula is C13H10F3N3O3. The zero-order chi connectivity index (χ0) is 15.7. The van der Waals surface area contributed by atoms with Crippen molar-refractivity contribution in [1.29, 1.82) is 0 Å². The molecule has 0 spiro atoms. The average Bonchev–Trinajstić information content (AvgIpc) is 2.95. The molecule has 6 nitrogen and oxygen atoms in total. The van der Waals surface area contributed by atoms with Crippen LogP contribution in [0.3, 0.4) is 0 Å². The van der Waals surface area contributed by atoms with Crippen LogP contribution in [0.1, 0.15) is 16.1 Å². The maximum atomic E-state index is 12.4. The molecule has 0 aromatic carbocycles. The van der Waals surface area contributed by atoms with Crippen LogP contribution in [0, 0.1) is 0 Å². The lowest BCUT2D eigenvalue weighted by molar-refractivity contribution is -0.137. The van der Waals surface area contributed by atoms with Crippen molar-refractivity contribution in [3.63, 3.8) is 0 Å². The first-order valence-corrected chi connectivity index (χ1v) is 6.33. The molecule has 0 atom stereocenters. The second kappa shape index (κ2) is 5.32. The molecule has 1 amide bonds. The Hall–Kier alpha value is -2.58. The van der Waals surface area contributed by atoms with E-state index in [1.165, 1.54) is 17.2 Å². The molecule has 1 fully saturated rings. The van der Waals surface area contributed by atoms with Crippen LogP contribution >= 0.6 is 0 Å². The lowest BCUT2D eigenvalue weighted by atomic mass is 10.1. The van der Waals surface area contributed by atoms with Crippen molar-refractivity contribution in [3.05, 3.63) is 41.9 Å². The first-order valence-electron chi connectivity index (χ1n) is 6.33. The van der Waals surface area contributed by atoms with Gasteiger partial charge in [-0.2, -0.15) is 13.2 Å². The minimum absolute atomic E-state index is 0.0877. The number of carbonyl (C=O) groups excluding carboxylic acids is 1. The first-order chi connectivity index (χ1) is 10.4. The minimum Gasteiger partial charge on any atom is -0.471 e. The van der Waals surface area contributed by atoms with Crippen molar-refractivity contribution in [1.82, 2.24) is 15.0 Å². The highest BCUT2D eigenvalue weighted by Crippen LogP contribution is 2.29. The van der Waals surface area contributed by atoms with Gasteiger partial charge >= 0.3 is 6.18 Å². The second-order valence-corrected chi connectivity index (χ2v) is 4.71. The zero-order valence-corrected chi connectivity index (χ0v) is 11.1. The number of likely N-dealkylation sites (tertiary alicyclic amines) is 1. The number of alkyl halides is 3. The van der Waals surface area contributed by atoms with Gasteiger partial charge in [-0.25, -0.2) is 4.98 Å². The quantitative estimate of drug-likeness (QED) is 0.867. The normalized spacial score (nSPS) is 15.5. The standard InChI is InChI=1S/C13H10F3N3O3/c14-13(15,16)8-1-2-11(17-5-8)21-9-6-19(7-9)12(20)10-3-4-18-22-10/h1-5,9H,6-7H2. The van der Waals surface area contributed by atoms with Gasteiger partial charge in [-0.1, -0.05) is 5.16 Å². The Morgan fingerprint density at radius 1 is 1.32 bits per heavy atom. The van der Waals surface area contributed by atoms with Crippen molar-refractivity contribution >= 4 is 5.91 Å². The number of rotatable bonds is 3. The van der Waals surface area contributed by atoms with Gasteiger partial charge in [0.25, 0.3) is 5.91 Å². The number of ether oxygens (including phenoxy) is 1. The fourth-order valence-corrected chi connectivity index (χ4v) is 1.95. The third kappa shape index (κ3) is 2.87. The molecule has 0 N–H and O–H groups in total. The molecule has 1 aliphatic rings. The van der Waals surface area contributed by atoms with Gasteiger partial charge in [-0.15, -0.1) is 0 Å². The van der Waals surface area contributed by atoms with E-state index in [4.69, 9.17) is 9.26 Å². The van der Waals surface area contributed by atoms with E-state index in [1.54, 1.807) is 0 Å². The van der Waals surface area contributed by atoms with Crippen LogP contribution in [0.2, 0.25) is 0 Å². The van der Waals surface area contributed by atoms with Crippen LogP contribution in [-0.4, -0.2) is 40.1 Å². The van der Waals surface area contributed by atoms with Gasteiger partial charge in [-0.05, 0) is 6.07 Å². The number of amides is 1. The lowest BCUT2D eigenvalue weighted by Crippen LogP contribution is -2.56. The third-order valence-electron chi connectivity index (χ3n) is 3.13. The van der Waals surface area contributed by atoms with Gasteiger partial charge in [0.2, 0.25) is 11.6 Å². The van der Waals surface area contributed by atoms with Crippen molar-refractivity contribution in [2.75, 3.05) is 13.1 Å². The van der Waals surface area contributed by atoms with Crippen LogP contribution < -0.4 is 4.74 Å². The van der Waals surface area contributed by atoms with Crippen molar-refractivity contribution in [3.8, 4) is 5.88 Å². The maximum absolute atomic E-state index is 12.4. The van der Waals surface area contributed by atoms with Gasteiger partial charge in [0.15, 0.2) is 0 Å². The average molecular weight is 313 g/mol. The molecule has 0 bridgehead atoms. The molecule has 2 aromatic rings. The number of hydrogen-bond donors (Lipinski definition) is 0. The molecule has 3 heterocycles. The van der Waals surface area contributed by atoms with Crippen LogP contribution in [0.4, 0.5) is 13.2 Å². The van der Waals surface area contributed by atoms with E-state index in [0.717, 1.165) is 12.1 Å². The Balaban J connectivity index is 1.53. The topological polar surface area (TPSA) is 68.5 Å². The first kappa shape index (κ1) is 14.4. The summed E-state index contributed by atoms with van der Waals surface area (Å²) >= 11 is 0. The monoisotopic (exact) mass is 313 g/mol. The van der Waals surface area contributed by atoms with E-state index in [-0.39, 0.29) is 23.7 Å². The fourth-order valence-electron chi connectivity index (χ4n) is 1.95. The highest BCUT2D eigenvalue weighted by atomic mass is 19.4. The molecule has 3 rings (SSSR count). The van der Waals surface area contributed by atoms with E-state index in [2.05, 4.69) is 10.1 Å². The van der Waals surface area contributed by atoms with Crippen molar-refractivity contribution in [2.24, 2.45) is 0 Å². The summed E-state index contributed by atoms with van der Waals surface area (Å²) in [6.07, 6.45) is -2.66. The molecule has 2 aromatic heterocycles. The molecule has 116 valence electrons. The summed E-state index contributed by atoms with van der Waals surface area (Å²) in [4.78, 5) is 16.9. The van der Waals surface area contributed by atoms with E-state index in [0.29, 0.717) is 19.3 Å². The van der Waals surface area contributed by atoms with E-state index < -0.39 is 11.7 Å². The van der Waals surface area contributed by atoms with Gasteiger partial charge in [0.1, 0.15) is 6.10 Å². The molecule has 1 aliphatic heterocycles. The molecule has 0 aliphatic carbocycles. The zero-order valence-electron chi connectivity index (χ0n) is 11.1. The summed E-state index contributed by atoms with van der Waals surface area (Å²) in [6.45, 7) is 0.616. The summed E-state index contributed by atoms with van der Waals surface area (Å²) in [5, 5.41) is 3.44. The van der Waals surface area contributed by atoms with E-state index in [1.807, 2.05) is 0 Å².